The van der Waals surface area contributed by atoms with Crippen LogP contribution in [0.25, 0.3) is 0 Å². The Bertz CT molecular complexity index is 330. The molecule has 0 spiro atoms. The summed E-state index contributed by atoms with van der Waals surface area (Å²) < 4.78 is 0. The van der Waals surface area contributed by atoms with Crippen molar-refractivity contribution in [3.05, 3.63) is 22.4 Å². The maximum atomic E-state index is 5.97. The van der Waals surface area contributed by atoms with Gasteiger partial charge in [-0.15, -0.1) is 11.3 Å². The zero-order valence-corrected chi connectivity index (χ0v) is 11.9. The molecule has 1 aromatic rings. The molecule has 0 aliphatic heterocycles. The smallest absolute Gasteiger partial charge is 0.0464 e. The molecule has 2 atom stereocenters. The highest BCUT2D eigenvalue weighted by atomic mass is 32.1. The minimum atomic E-state index is 0.518. The van der Waals surface area contributed by atoms with Gasteiger partial charge in [0.25, 0.3) is 0 Å². The molecule has 1 aliphatic carbocycles. The monoisotopic (exact) mass is 252 g/mol. The van der Waals surface area contributed by atoms with Gasteiger partial charge in [0.1, 0.15) is 0 Å². The van der Waals surface area contributed by atoms with Crippen molar-refractivity contribution in [1.82, 2.24) is 4.90 Å². The molecule has 1 heterocycles. The molecule has 0 aromatic carbocycles. The summed E-state index contributed by atoms with van der Waals surface area (Å²) in [6.07, 6.45) is 2.73. The third-order valence-electron chi connectivity index (χ3n) is 3.84. The molecule has 2 N–H and O–H groups in total. The second kappa shape index (κ2) is 5.51. The van der Waals surface area contributed by atoms with Crippen LogP contribution in [-0.2, 0) is 0 Å². The SMILES string of the molecule is CC(C)C(c1cccs1)N(C)C(CN)C1CC1. The van der Waals surface area contributed by atoms with Gasteiger partial charge in [-0.05, 0) is 43.2 Å². The Balaban J connectivity index is 2.15. The van der Waals surface area contributed by atoms with Crippen molar-refractivity contribution in [3.63, 3.8) is 0 Å². The average molecular weight is 252 g/mol. The number of nitrogens with two attached hydrogens (primary N) is 1. The van der Waals surface area contributed by atoms with Crippen LogP contribution in [0.5, 0.6) is 0 Å². The van der Waals surface area contributed by atoms with Gasteiger partial charge in [0, 0.05) is 23.5 Å². The fraction of sp³-hybridized carbons (Fsp3) is 0.714. The summed E-state index contributed by atoms with van der Waals surface area (Å²) in [6.45, 7) is 5.40. The molecule has 3 heteroatoms. The summed E-state index contributed by atoms with van der Waals surface area (Å²) in [5.41, 5.74) is 5.97. The van der Waals surface area contributed by atoms with Crippen molar-refractivity contribution in [2.24, 2.45) is 17.6 Å². The fourth-order valence-electron chi connectivity index (χ4n) is 2.84. The van der Waals surface area contributed by atoms with E-state index in [9.17, 15) is 0 Å². The first-order chi connectivity index (χ1) is 8.15. The van der Waals surface area contributed by atoms with Crippen molar-refractivity contribution in [2.45, 2.75) is 38.8 Å². The predicted molar refractivity (Wildman–Crippen MR) is 75.2 cm³/mol. The van der Waals surface area contributed by atoms with Gasteiger partial charge in [-0.25, -0.2) is 0 Å². The first kappa shape index (κ1) is 13.1. The first-order valence-corrected chi connectivity index (χ1v) is 7.48. The third-order valence-corrected chi connectivity index (χ3v) is 4.78. The molecule has 0 saturated heterocycles. The topological polar surface area (TPSA) is 29.3 Å². The summed E-state index contributed by atoms with van der Waals surface area (Å²) in [5.74, 6) is 1.47. The Labute approximate surface area is 109 Å². The van der Waals surface area contributed by atoms with Crippen LogP contribution in [0.3, 0.4) is 0 Å². The molecular formula is C14H24N2S. The zero-order valence-electron chi connectivity index (χ0n) is 11.1. The highest BCUT2D eigenvalue weighted by molar-refractivity contribution is 7.10. The number of likely N-dealkylation sites (N-methyl/N-ethyl adjacent to an activating group) is 1. The highest BCUT2D eigenvalue weighted by Gasteiger charge is 2.36. The van der Waals surface area contributed by atoms with E-state index in [0.29, 0.717) is 18.0 Å². The molecule has 2 nitrogen and oxygen atoms in total. The van der Waals surface area contributed by atoms with Crippen LogP contribution in [0, 0.1) is 11.8 Å². The normalized spacial score (nSPS) is 19.9. The highest BCUT2D eigenvalue weighted by Crippen LogP contribution is 2.40. The number of thiophene rings is 1. The summed E-state index contributed by atoms with van der Waals surface area (Å²) >= 11 is 1.87. The number of rotatable bonds is 6. The maximum absolute atomic E-state index is 5.97. The summed E-state index contributed by atoms with van der Waals surface area (Å²) in [5, 5.41) is 2.17. The molecule has 1 saturated carbocycles. The van der Waals surface area contributed by atoms with Gasteiger partial charge in [0.15, 0.2) is 0 Å². The van der Waals surface area contributed by atoms with E-state index in [2.05, 4.69) is 43.3 Å². The molecule has 1 aliphatic rings. The van der Waals surface area contributed by atoms with Crippen molar-refractivity contribution in [2.75, 3.05) is 13.6 Å². The lowest BCUT2D eigenvalue weighted by atomic mass is 9.98. The minimum absolute atomic E-state index is 0.518. The van der Waals surface area contributed by atoms with E-state index in [1.54, 1.807) is 0 Å². The van der Waals surface area contributed by atoms with Crippen LogP contribution >= 0.6 is 11.3 Å². The third kappa shape index (κ3) is 2.90. The average Bonchev–Trinajstić information content (AvgIpc) is 2.96. The van der Waals surface area contributed by atoms with E-state index in [1.165, 1.54) is 17.7 Å². The Morgan fingerprint density at radius 1 is 1.47 bits per heavy atom. The van der Waals surface area contributed by atoms with Gasteiger partial charge in [-0.3, -0.25) is 4.90 Å². The van der Waals surface area contributed by atoms with E-state index < -0.39 is 0 Å². The van der Waals surface area contributed by atoms with E-state index in [4.69, 9.17) is 5.73 Å². The van der Waals surface area contributed by atoms with Crippen LogP contribution < -0.4 is 5.73 Å². The Kier molecular flexibility index (Phi) is 4.23. The first-order valence-electron chi connectivity index (χ1n) is 6.60. The molecule has 0 radical (unpaired) electrons. The molecule has 2 rings (SSSR count). The molecule has 2 unspecified atom stereocenters. The standard InChI is InChI=1S/C14H24N2S/c1-10(2)14(13-5-4-8-17-13)16(3)12(9-15)11-6-7-11/h4-5,8,10-12,14H,6-7,9,15H2,1-3H3. The van der Waals surface area contributed by atoms with E-state index >= 15 is 0 Å². The van der Waals surface area contributed by atoms with Crippen molar-refractivity contribution in [3.8, 4) is 0 Å². The maximum Gasteiger partial charge on any atom is 0.0464 e. The van der Waals surface area contributed by atoms with Gasteiger partial charge < -0.3 is 5.73 Å². The van der Waals surface area contributed by atoms with Crippen LogP contribution in [0.2, 0.25) is 0 Å². The van der Waals surface area contributed by atoms with Gasteiger partial charge in [0.2, 0.25) is 0 Å². The second-order valence-corrected chi connectivity index (χ2v) is 6.49. The molecular weight excluding hydrogens is 228 g/mol. The van der Waals surface area contributed by atoms with Crippen molar-refractivity contribution in [1.29, 1.82) is 0 Å². The van der Waals surface area contributed by atoms with Gasteiger partial charge in [0.05, 0.1) is 0 Å². The van der Waals surface area contributed by atoms with E-state index in [0.717, 1.165) is 12.5 Å². The zero-order chi connectivity index (χ0) is 12.4. The quantitative estimate of drug-likeness (QED) is 0.843. The largest absolute Gasteiger partial charge is 0.329 e. The lowest BCUT2D eigenvalue weighted by molar-refractivity contribution is 0.127. The van der Waals surface area contributed by atoms with E-state index in [1.807, 2.05) is 11.3 Å². The Hall–Kier alpha value is -0.380. The number of nitrogens with zero attached hydrogens (tertiary/aromatic N) is 1. The molecule has 1 aromatic heterocycles. The van der Waals surface area contributed by atoms with Gasteiger partial charge in [-0.1, -0.05) is 19.9 Å². The Morgan fingerprint density at radius 2 is 2.18 bits per heavy atom. The van der Waals surface area contributed by atoms with Crippen LogP contribution in [-0.4, -0.2) is 24.5 Å². The summed E-state index contributed by atoms with van der Waals surface area (Å²) in [6, 6.07) is 5.48. The van der Waals surface area contributed by atoms with Crippen LogP contribution in [0.4, 0.5) is 0 Å². The minimum Gasteiger partial charge on any atom is -0.329 e. The van der Waals surface area contributed by atoms with E-state index in [-0.39, 0.29) is 0 Å². The molecule has 0 amide bonds. The predicted octanol–water partition coefficient (Wildman–Crippen LogP) is 3.11. The number of hydrogen-bond acceptors (Lipinski definition) is 3. The van der Waals surface area contributed by atoms with Gasteiger partial charge in [-0.2, -0.15) is 0 Å². The van der Waals surface area contributed by atoms with Crippen molar-refractivity contribution >= 4 is 11.3 Å². The summed E-state index contributed by atoms with van der Waals surface area (Å²) in [4.78, 5) is 4.00. The molecule has 96 valence electrons. The molecule has 0 bridgehead atoms. The van der Waals surface area contributed by atoms with Crippen LogP contribution in [0.1, 0.15) is 37.6 Å². The summed E-state index contributed by atoms with van der Waals surface area (Å²) in [7, 11) is 2.25. The second-order valence-electron chi connectivity index (χ2n) is 5.51. The lowest BCUT2D eigenvalue weighted by Gasteiger charge is -2.36. The Morgan fingerprint density at radius 3 is 2.59 bits per heavy atom. The lowest BCUT2D eigenvalue weighted by Crippen LogP contribution is -2.43. The fourth-order valence-corrected chi connectivity index (χ4v) is 3.89. The van der Waals surface area contributed by atoms with Crippen LogP contribution in [0.15, 0.2) is 17.5 Å². The number of hydrogen-bond donors (Lipinski definition) is 1. The molecule has 1 fully saturated rings. The van der Waals surface area contributed by atoms with Crippen molar-refractivity contribution < 1.29 is 0 Å². The van der Waals surface area contributed by atoms with Gasteiger partial charge >= 0.3 is 0 Å². The molecule has 17 heavy (non-hydrogen) atoms.